The third kappa shape index (κ3) is 3.81. The SMILES string of the molecule is C#CCN1CCN(C(C)(C)CCCC)CC1. The van der Waals surface area contributed by atoms with Crippen molar-refractivity contribution in [1.29, 1.82) is 0 Å². The van der Waals surface area contributed by atoms with Crippen LogP contribution in [0.5, 0.6) is 0 Å². The highest BCUT2D eigenvalue weighted by Gasteiger charge is 2.28. The first-order valence-electron chi connectivity index (χ1n) is 6.51. The Kier molecular flexibility index (Phi) is 5.31. The Morgan fingerprint density at radius 1 is 1.19 bits per heavy atom. The van der Waals surface area contributed by atoms with Crippen molar-refractivity contribution in [3.8, 4) is 12.3 Å². The maximum absolute atomic E-state index is 5.34. The summed E-state index contributed by atoms with van der Waals surface area (Å²) in [6.45, 7) is 12.4. The van der Waals surface area contributed by atoms with Crippen molar-refractivity contribution in [2.75, 3.05) is 32.7 Å². The summed E-state index contributed by atoms with van der Waals surface area (Å²) in [6, 6.07) is 0. The van der Waals surface area contributed by atoms with E-state index in [1.165, 1.54) is 32.4 Å². The van der Waals surface area contributed by atoms with E-state index in [0.717, 1.165) is 19.6 Å². The van der Waals surface area contributed by atoms with Gasteiger partial charge in [-0.05, 0) is 20.3 Å². The largest absolute Gasteiger partial charge is 0.296 e. The molecular formula is C14H26N2. The van der Waals surface area contributed by atoms with Crippen LogP contribution in [0.4, 0.5) is 0 Å². The fourth-order valence-electron chi connectivity index (χ4n) is 2.41. The standard InChI is InChI=1S/C14H26N2/c1-5-7-8-14(3,4)16-12-10-15(9-6-2)11-13-16/h2H,5,7-13H2,1,3-4H3. The van der Waals surface area contributed by atoms with Gasteiger partial charge in [-0.15, -0.1) is 6.42 Å². The van der Waals surface area contributed by atoms with Gasteiger partial charge in [0.2, 0.25) is 0 Å². The predicted octanol–water partition coefficient (Wildman–Crippen LogP) is 2.21. The Balaban J connectivity index is 2.37. The second kappa shape index (κ2) is 6.27. The molecule has 16 heavy (non-hydrogen) atoms. The average Bonchev–Trinajstić information content (AvgIpc) is 2.28. The lowest BCUT2D eigenvalue weighted by Gasteiger charge is -2.44. The Morgan fingerprint density at radius 3 is 2.31 bits per heavy atom. The minimum absolute atomic E-state index is 0.359. The molecule has 0 unspecified atom stereocenters. The smallest absolute Gasteiger partial charge is 0.0599 e. The molecule has 0 aliphatic carbocycles. The van der Waals surface area contributed by atoms with Crippen LogP contribution < -0.4 is 0 Å². The van der Waals surface area contributed by atoms with Crippen LogP contribution in [0.2, 0.25) is 0 Å². The van der Waals surface area contributed by atoms with Crippen molar-refractivity contribution < 1.29 is 0 Å². The summed E-state index contributed by atoms with van der Waals surface area (Å²) in [5.74, 6) is 2.73. The molecule has 92 valence electrons. The highest BCUT2D eigenvalue weighted by atomic mass is 15.3. The van der Waals surface area contributed by atoms with Gasteiger partial charge < -0.3 is 0 Å². The topological polar surface area (TPSA) is 6.48 Å². The van der Waals surface area contributed by atoms with Crippen LogP contribution in [-0.4, -0.2) is 48.1 Å². The Bertz CT molecular complexity index is 232. The Morgan fingerprint density at radius 2 is 1.81 bits per heavy atom. The summed E-state index contributed by atoms with van der Waals surface area (Å²) in [6.07, 6.45) is 9.27. The molecule has 1 fully saturated rings. The molecule has 0 radical (unpaired) electrons. The quantitative estimate of drug-likeness (QED) is 0.658. The van der Waals surface area contributed by atoms with Crippen LogP contribution in [0.3, 0.4) is 0 Å². The molecule has 0 saturated carbocycles. The molecule has 0 spiro atoms. The molecule has 0 aromatic carbocycles. The third-order valence-corrected chi connectivity index (χ3v) is 3.69. The van der Waals surface area contributed by atoms with Crippen molar-refractivity contribution in [1.82, 2.24) is 9.80 Å². The van der Waals surface area contributed by atoms with Gasteiger partial charge in [-0.3, -0.25) is 9.80 Å². The summed E-state index contributed by atoms with van der Waals surface area (Å²) in [5, 5.41) is 0. The maximum atomic E-state index is 5.34. The van der Waals surface area contributed by atoms with Gasteiger partial charge in [0, 0.05) is 31.7 Å². The van der Waals surface area contributed by atoms with E-state index in [0.29, 0.717) is 5.54 Å². The number of piperazine rings is 1. The van der Waals surface area contributed by atoms with Crippen molar-refractivity contribution in [3.05, 3.63) is 0 Å². The lowest BCUT2D eigenvalue weighted by Crippen LogP contribution is -2.54. The summed E-state index contributed by atoms with van der Waals surface area (Å²) >= 11 is 0. The van der Waals surface area contributed by atoms with E-state index < -0.39 is 0 Å². The van der Waals surface area contributed by atoms with E-state index >= 15 is 0 Å². The fraction of sp³-hybridized carbons (Fsp3) is 0.857. The van der Waals surface area contributed by atoms with Crippen LogP contribution in [0.25, 0.3) is 0 Å². The summed E-state index contributed by atoms with van der Waals surface area (Å²) in [4.78, 5) is 4.99. The second-order valence-corrected chi connectivity index (χ2v) is 5.38. The number of unbranched alkanes of at least 4 members (excludes halogenated alkanes) is 1. The van der Waals surface area contributed by atoms with E-state index in [9.17, 15) is 0 Å². The summed E-state index contributed by atoms with van der Waals surface area (Å²) in [7, 11) is 0. The normalized spacial score (nSPS) is 19.6. The Labute approximate surface area is 101 Å². The molecule has 0 aromatic heterocycles. The number of nitrogens with zero attached hydrogens (tertiary/aromatic N) is 2. The molecule has 1 rings (SSSR count). The Hall–Kier alpha value is -0.520. The molecule has 0 aromatic rings. The monoisotopic (exact) mass is 222 g/mol. The van der Waals surface area contributed by atoms with Crippen LogP contribution in [-0.2, 0) is 0 Å². The number of hydrogen-bond acceptors (Lipinski definition) is 2. The van der Waals surface area contributed by atoms with Crippen molar-refractivity contribution in [2.45, 2.75) is 45.6 Å². The third-order valence-electron chi connectivity index (χ3n) is 3.69. The first-order valence-corrected chi connectivity index (χ1v) is 6.51. The van der Waals surface area contributed by atoms with Gasteiger partial charge in [0.1, 0.15) is 0 Å². The first-order chi connectivity index (χ1) is 7.60. The molecule has 1 aliphatic rings. The van der Waals surface area contributed by atoms with Crippen LogP contribution in [0, 0.1) is 12.3 Å². The summed E-state index contributed by atoms with van der Waals surface area (Å²) < 4.78 is 0. The van der Waals surface area contributed by atoms with E-state index in [-0.39, 0.29) is 0 Å². The lowest BCUT2D eigenvalue weighted by atomic mass is 9.94. The predicted molar refractivity (Wildman–Crippen MR) is 70.5 cm³/mol. The van der Waals surface area contributed by atoms with Crippen LogP contribution in [0.15, 0.2) is 0 Å². The molecule has 0 amide bonds. The van der Waals surface area contributed by atoms with Gasteiger partial charge in [0.25, 0.3) is 0 Å². The molecule has 1 heterocycles. The van der Waals surface area contributed by atoms with Crippen LogP contribution in [0.1, 0.15) is 40.0 Å². The first kappa shape index (κ1) is 13.5. The zero-order valence-corrected chi connectivity index (χ0v) is 11.1. The molecule has 0 N–H and O–H groups in total. The van der Waals surface area contributed by atoms with Gasteiger partial charge in [-0.1, -0.05) is 25.7 Å². The van der Waals surface area contributed by atoms with Gasteiger partial charge in [-0.25, -0.2) is 0 Å². The fourth-order valence-corrected chi connectivity index (χ4v) is 2.41. The summed E-state index contributed by atoms with van der Waals surface area (Å²) in [5.41, 5.74) is 0.359. The number of rotatable bonds is 5. The zero-order chi connectivity index (χ0) is 12.0. The maximum Gasteiger partial charge on any atom is 0.0599 e. The minimum Gasteiger partial charge on any atom is -0.296 e. The molecular weight excluding hydrogens is 196 g/mol. The molecule has 1 aliphatic heterocycles. The lowest BCUT2D eigenvalue weighted by molar-refractivity contribution is 0.0510. The molecule has 0 bridgehead atoms. The highest BCUT2D eigenvalue weighted by Crippen LogP contribution is 2.22. The zero-order valence-electron chi connectivity index (χ0n) is 11.1. The van der Waals surface area contributed by atoms with Gasteiger partial charge in [0.05, 0.1) is 6.54 Å². The second-order valence-electron chi connectivity index (χ2n) is 5.38. The molecule has 0 atom stereocenters. The van der Waals surface area contributed by atoms with E-state index in [2.05, 4.69) is 36.5 Å². The van der Waals surface area contributed by atoms with Crippen LogP contribution >= 0.6 is 0 Å². The van der Waals surface area contributed by atoms with Crippen molar-refractivity contribution >= 4 is 0 Å². The average molecular weight is 222 g/mol. The molecule has 2 nitrogen and oxygen atoms in total. The van der Waals surface area contributed by atoms with Gasteiger partial charge in [0.15, 0.2) is 0 Å². The number of terminal acetylenes is 1. The van der Waals surface area contributed by atoms with Gasteiger partial charge >= 0.3 is 0 Å². The van der Waals surface area contributed by atoms with Gasteiger partial charge in [-0.2, -0.15) is 0 Å². The highest BCUT2D eigenvalue weighted by molar-refractivity contribution is 4.92. The molecule has 1 saturated heterocycles. The van der Waals surface area contributed by atoms with Crippen molar-refractivity contribution in [2.24, 2.45) is 0 Å². The minimum atomic E-state index is 0.359. The van der Waals surface area contributed by atoms with Crippen molar-refractivity contribution in [3.63, 3.8) is 0 Å². The van der Waals surface area contributed by atoms with E-state index in [1.807, 2.05) is 0 Å². The number of hydrogen-bond donors (Lipinski definition) is 0. The molecule has 2 heteroatoms. The van der Waals surface area contributed by atoms with E-state index in [4.69, 9.17) is 6.42 Å². The van der Waals surface area contributed by atoms with E-state index in [1.54, 1.807) is 0 Å².